The number of carbonyl (C=O) groups excluding carboxylic acids is 3. The minimum atomic E-state index is -2.12. The number of Topliss-reactive ketones (excluding diaryl/α,β-unsaturated/α-hetero) is 1. The van der Waals surface area contributed by atoms with Gasteiger partial charge in [-0.3, -0.25) is 14.4 Å². The summed E-state index contributed by atoms with van der Waals surface area (Å²) >= 11 is 0. The van der Waals surface area contributed by atoms with Crippen LogP contribution in [0.2, 0.25) is 18.1 Å². The summed E-state index contributed by atoms with van der Waals surface area (Å²) in [4.78, 5) is 35.6. The highest BCUT2D eigenvalue weighted by molar-refractivity contribution is 6.74. The quantitative estimate of drug-likeness (QED) is 0.471. The van der Waals surface area contributed by atoms with Crippen LogP contribution in [-0.4, -0.2) is 45.2 Å². The lowest BCUT2D eigenvalue weighted by Crippen LogP contribution is -2.52. The Hall–Kier alpha value is -1.21. The molecule has 1 unspecified atom stereocenters. The highest BCUT2D eigenvalue weighted by Gasteiger charge is 2.48. The molecular formula is C15H27NO5Si. The maximum Gasteiger partial charge on any atom is 0.318 e. The summed E-state index contributed by atoms with van der Waals surface area (Å²) in [5.41, 5.74) is 0. The summed E-state index contributed by atoms with van der Waals surface area (Å²) in [5.74, 6) is -2.19. The molecule has 126 valence electrons. The van der Waals surface area contributed by atoms with Gasteiger partial charge in [-0.15, -0.1) is 0 Å². The standard InChI is InChI=1S/C15H27NO5Si/c1-9(17)12(14(19)20-5)13-10(8-11(18)16-13)21-22(6,7)15(2,3)4/h10,12-13H,8H2,1-7H3,(H,16,18)/t10-,12?,13+/m1/s1. The van der Waals surface area contributed by atoms with Crippen molar-refractivity contribution in [3.63, 3.8) is 0 Å². The number of carbonyl (C=O) groups is 3. The van der Waals surface area contributed by atoms with Gasteiger partial charge >= 0.3 is 5.97 Å². The number of amides is 1. The Kier molecular flexibility index (Phi) is 5.56. The molecule has 1 heterocycles. The van der Waals surface area contributed by atoms with Crippen LogP contribution in [0.5, 0.6) is 0 Å². The van der Waals surface area contributed by atoms with Gasteiger partial charge in [-0.25, -0.2) is 0 Å². The fourth-order valence-electron chi connectivity index (χ4n) is 2.31. The molecular weight excluding hydrogens is 302 g/mol. The second-order valence-electron chi connectivity index (χ2n) is 7.33. The summed E-state index contributed by atoms with van der Waals surface area (Å²) in [6.45, 7) is 11.8. The van der Waals surface area contributed by atoms with Crippen LogP contribution in [0.25, 0.3) is 0 Å². The summed E-state index contributed by atoms with van der Waals surface area (Å²) in [7, 11) is -0.888. The van der Waals surface area contributed by atoms with Gasteiger partial charge in [-0.05, 0) is 25.1 Å². The Bertz CT molecular complexity index is 469. The molecule has 3 atom stereocenters. The van der Waals surface area contributed by atoms with Gasteiger partial charge in [0, 0.05) is 0 Å². The zero-order valence-corrected chi connectivity index (χ0v) is 15.5. The van der Waals surface area contributed by atoms with Gasteiger partial charge in [0.05, 0.1) is 25.7 Å². The molecule has 22 heavy (non-hydrogen) atoms. The van der Waals surface area contributed by atoms with Crippen molar-refractivity contribution in [3.05, 3.63) is 0 Å². The largest absolute Gasteiger partial charge is 0.468 e. The van der Waals surface area contributed by atoms with Crippen LogP contribution in [0.3, 0.4) is 0 Å². The molecule has 7 heteroatoms. The molecule has 1 saturated heterocycles. The van der Waals surface area contributed by atoms with E-state index in [2.05, 4.69) is 39.2 Å². The van der Waals surface area contributed by atoms with Crippen LogP contribution in [0.1, 0.15) is 34.1 Å². The zero-order chi connectivity index (χ0) is 17.3. The predicted molar refractivity (Wildman–Crippen MR) is 84.8 cm³/mol. The molecule has 0 bridgehead atoms. The molecule has 1 fully saturated rings. The third kappa shape index (κ3) is 3.95. The van der Waals surface area contributed by atoms with E-state index in [1.54, 1.807) is 0 Å². The summed E-state index contributed by atoms with van der Waals surface area (Å²) in [6, 6.07) is -0.661. The summed E-state index contributed by atoms with van der Waals surface area (Å²) in [6.07, 6.45) is -0.320. The van der Waals surface area contributed by atoms with Crippen molar-refractivity contribution in [2.75, 3.05) is 7.11 Å². The van der Waals surface area contributed by atoms with E-state index >= 15 is 0 Å². The molecule has 1 amide bonds. The molecule has 1 N–H and O–H groups in total. The van der Waals surface area contributed by atoms with Crippen molar-refractivity contribution >= 4 is 26.0 Å². The van der Waals surface area contributed by atoms with Crippen molar-refractivity contribution in [1.29, 1.82) is 0 Å². The molecule has 0 aliphatic carbocycles. The fourth-order valence-corrected chi connectivity index (χ4v) is 3.65. The second-order valence-corrected chi connectivity index (χ2v) is 12.1. The molecule has 6 nitrogen and oxygen atoms in total. The summed E-state index contributed by atoms with van der Waals surface area (Å²) < 4.78 is 11.0. The molecule has 0 saturated carbocycles. The number of rotatable bonds is 5. The molecule has 0 aromatic heterocycles. The number of methoxy groups -OCH3 is 1. The Morgan fingerprint density at radius 2 is 1.86 bits per heavy atom. The lowest BCUT2D eigenvalue weighted by Gasteiger charge is -2.40. The Morgan fingerprint density at radius 1 is 1.32 bits per heavy atom. The number of ketones is 1. The Morgan fingerprint density at radius 3 is 2.27 bits per heavy atom. The van der Waals surface area contributed by atoms with Gasteiger partial charge in [0.1, 0.15) is 11.7 Å². The summed E-state index contributed by atoms with van der Waals surface area (Å²) in [5, 5.41) is 2.68. The number of nitrogens with one attached hydrogen (secondary N) is 1. The molecule has 1 aliphatic heterocycles. The van der Waals surface area contributed by atoms with Crippen molar-refractivity contribution in [1.82, 2.24) is 5.32 Å². The number of esters is 1. The number of ether oxygens (including phenoxy) is 1. The smallest absolute Gasteiger partial charge is 0.318 e. The monoisotopic (exact) mass is 329 g/mol. The molecule has 0 radical (unpaired) electrons. The lowest BCUT2D eigenvalue weighted by molar-refractivity contribution is -0.151. The van der Waals surface area contributed by atoms with Crippen LogP contribution >= 0.6 is 0 Å². The lowest BCUT2D eigenvalue weighted by atomic mass is 9.93. The zero-order valence-electron chi connectivity index (χ0n) is 14.5. The first-order chi connectivity index (χ1) is 9.90. The van der Waals surface area contributed by atoms with Crippen LogP contribution < -0.4 is 5.32 Å². The molecule has 1 rings (SSSR count). The minimum Gasteiger partial charge on any atom is -0.468 e. The van der Waals surface area contributed by atoms with Crippen LogP contribution in [0.15, 0.2) is 0 Å². The highest BCUT2D eigenvalue weighted by Crippen LogP contribution is 2.39. The van der Waals surface area contributed by atoms with E-state index in [0.29, 0.717) is 0 Å². The Balaban J connectivity index is 3.05. The van der Waals surface area contributed by atoms with Crippen molar-refractivity contribution in [2.45, 2.75) is 64.4 Å². The maximum atomic E-state index is 11.9. The predicted octanol–water partition coefficient (Wildman–Crippen LogP) is 1.64. The Labute approximate surface area is 133 Å². The maximum absolute atomic E-state index is 11.9. The van der Waals surface area contributed by atoms with E-state index in [9.17, 15) is 14.4 Å². The van der Waals surface area contributed by atoms with Crippen molar-refractivity contribution in [2.24, 2.45) is 5.92 Å². The van der Waals surface area contributed by atoms with Crippen molar-refractivity contribution < 1.29 is 23.5 Å². The minimum absolute atomic E-state index is 0.0276. The second kappa shape index (κ2) is 6.50. The van der Waals surface area contributed by atoms with E-state index in [1.807, 2.05) is 0 Å². The topological polar surface area (TPSA) is 81.7 Å². The van der Waals surface area contributed by atoms with Crippen molar-refractivity contribution in [3.8, 4) is 0 Å². The van der Waals surface area contributed by atoms with Gasteiger partial charge in [-0.1, -0.05) is 20.8 Å². The van der Waals surface area contributed by atoms with Gasteiger partial charge < -0.3 is 14.5 Å². The van der Waals surface area contributed by atoms with Crippen LogP contribution in [0.4, 0.5) is 0 Å². The SMILES string of the molecule is COC(=O)C(C(C)=O)[C@H]1NC(=O)C[C@H]1O[Si](C)(C)C(C)(C)C. The molecule has 1 aliphatic rings. The van der Waals surface area contributed by atoms with E-state index < -0.39 is 32.4 Å². The first-order valence-corrected chi connectivity index (χ1v) is 10.4. The molecule has 0 aromatic rings. The van der Waals surface area contributed by atoms with Gasteiger partial charge in [0.2, 0.25) is 5.91 Å². The first-order valence-electron chi connectivity index (χ1n) is 7.46. The van der Waals surface area contributed by atoms with E-state index in [1.165, 1.54) is 14.0 Å². The normalized spacial score (nSPS) is 23.9. The van der Waals surface area contributed by atoms with E-state index in [-0.39, 0.29) is 23.1 Å². The molecule has 0 spiro atoms. The molecule has 0 aromatic carbocycles. The third-order valence-corrected chi connectivity index (χ3v) is 9.12. The van der Waals surface area contributed by atoms with Crippen LogP contribution in [0, 0.1) is 5.92 Å². The number of hydrogen-bond acceptors (Lipinski definition) is 5. The fraction of sp³-hybridized carbons (Fsp3) is 0.800. The van der Waals surface area contributed by atoms with Gasteiger partial charge in [-0.2, -0.15) is 0 Å². The average Bonchev–Trinajstić information content (AvgIpc) is 2.67. The van der Waals surface area contributed by atoms with Gasteiger partial charge in [0.25, 0.3) is 0 Å². The van der Waals surface area contributed by atoms with Crippen LogP contribution in [-0.2, 0) is 23.5 Å². The third-order valence-electron chi connectivity index (χ3n) is 4.62. The van der Waals surface area contributed by atoms with Gasteiger partial charge in [0.15, 0.2) is 8.32 Å². The highest BCUT2D eigenvalue weighted by atomic mass is 28.4. The first kappa shape index (κ1) is 18.8. The number of hydrogen-bond donors (Lipinski definition) is 1. The average molecular weight is 329 g/mol. The van der Waals surface area contributed by atoms with E-state index in [0.717, 1.165) is 0 Å². The van der Waals surface area contributed by atoms with E-state index in [4.69, 9.17) is 9.16 Å².